The Kier molecular flexibility index (Phi) is 4.58. The molecule has 0 saturated carbocycles. The van der Waals surface area contributed by atoms with E-state index in [-0.39, 0.29) is 10.6 Å². The van der Waals surface area contributed by atoms with Crippen LogP contribution in [0, 0.1) is 26.6 Å². The summed E-state index contributed by atoms with van der Waals surface area (Å²) in [5.74, 6) is 0.433. The maximum absolute atomic E-state index is 13.5. The van der Waals surface area contributed by atoms with Gasteiger partial charge in [0.15, 0.2) is 0 Å². The fourth-order valence-electron chi connectivity index (χ4n) is 2.16. The highest BCUT2D eigenvalue weighted by molar-refractivity contribution is 7.80. The summed E-state index contributed by atoms with van der Waals surface area (Å²) in [4.78, 5) is 0.0527. The first-order chi connectivity index (χ1) is 9.88. The van der Waals surface area contributed by atoms with Crippen molar-refractivity contribution in [3.63, 3.8) is 0 Å². The molecule has 0 spiro atoms. The molecule has 0 unspecified atom stereocenters. The largest absolute Gasteiger partial charge is 0.489 e. The summed E-state index contributed by atoms with van der Waals surface area (Å²) in [6.45, 7) is 6.45. The Morgan fingerprint density at radius 3 is 2.57 bits per heavy atom. The highest BCUT2D eigenvalue weighted by atomic mass is 32.1. The van der Waals surface area contributed by atoms with Gasteiger partial charge in [-0.1, -0.05) is 24.4 Å². The van der Waals surface area contributed by atoms with E-state index >= 15 is 0 Å². The van der Waals surface area contributed by atoms with E-state index in [1.165, 1.54) is 11.6 Å². The van der Waals surface area contributed by atoms with E-state index in [1.54, 1.807) is 12.1 Å². The fourth-order valence-corrected chi connectivity index (χ4v) is 2.32. The van der Waals surface area contributed by atoms with Crippen molar-refractivity contribution in [3.05, 3.63) is 64.0 Å². The van der Waals surface area contributed by atoms with Gasteiger partial charge in [0.2, 0.25) is 0 Å². The van der Waals surface area contributed by atoms with Gasteiger partial charge in [0.05, 0.1) is 0 Å². The van der Waals surface area contributed by atoms with Gasteiger partial charge in [0, 0.05) is 5.56 Å². The summed E-state index contributed by atoms with van der Waals surface area (Å²) in [6, 6.07) is 8.79. The minimum atomic E-state index is -0.408. The molecule has 2 N–H and O–H groups in total. The first-order valence-electron chi connectivity index (χ1n) is 6.67. The van der Waals surface area contributed by atoms with Gasteiger partial charge in [-0.25, -0.2) is 4.39 Å². The number of rotatable bonds is 4. The molecule has 4 heteroatoms. The van der Waals surface area contributed by atoms with Crippen LogP contribution in [0.25, 0.3) is 0 Å². The van der Waals surface area contributed by atoms with Crippen LogP contribution in [-0.4, -0.2) is 4.99 Å². The number of ether oxygens (including phenoxy) is 1. The van der Waals surface area contributed by atoms with Crippen LogP contribution in [-0.2, 0) is 6.61 Å². The van der Waals surface area contributed by atoms with E-state index in [1.807, 2.05) is 19.9 Å². The Labute approximate surface area is 129 Å². The van der Waals surface area contributed by atoms with Crippen molar-refractivity contribution in [2.24, 2.45) is 5.73 Å². The lowest BCUT2D eigenvalue weighted by molar-refractivity contribution is 0.303. The Hall–Kier alpha value is -1.94. The molecule has 2 nitrogen and oxygen atoms in total. The molecule has 0 saturated heterocycles. The van der Waals surface area contributed by atoms with Crippen molar-refractivity contribution < 1.29 is 9.13 Å². The number of aryl methyl sites for hydroxylation is 2. The average Bonchev–Trinajstić information content (AvgIpc) is 2.42. The van der Waals surface area contributed by atoms with Crippen LogP contribution in [0.3, 0.4) is 0 Å². The molecule has 21 heavy (non-hydrogen) atoms. The van der Waals surface area contributed by atoms with Gasteiger partial charge in [0.25, 0.3) is 0 Å². The van der Waals surface area contributed by atoms with Crippen molar-refractivity contribution in [2.75, 3.05) is 0 Å². The number of hydrogen-bond acceptors (Lipinski definition) is 2. The predicted octanol–water partition coefficient (Wildman–Crippen LogP) is 3.96. The van der Waals surface area contributed by atoms with Crippen molar-refractivity contribution in [3.8, 4) is 5.75 Å². The first-order valence-corrected chi connectivity index (χ1v) is 7.08. The number of thiocarbonyl (C=S) groups is 1. The minimum Gasteiger partial charge on any atom is -0.489 e. The van der Waals surface area contributed by atoms with Gasteiger partial charge in [0.1, 0.15) is 23.2 Å². The lowest BCUT2D eigenvalue weighted by atomic mass is 10.1. The third kappa shape index (κ3) is 3.58. The van der Waals surface area contributed by atoms with Gasteiger partial charge in [-0.15, -0.1) is 0 Å². The van der Waals surface area contributed by atoms with E-state index in [2.05, 4.69) is 13.0 Å². The van der Waals surface area contributed by atoms with E-state index in [0.29, 0.717) is 6.61 Å². The van der Waals surface area contributed by atoms with Crippen molar-refractivity contribution in [1.29, 1.82) is 0 Å². The highest BCUT2D eigenvalue weighted by Gasteiger charge is 2.08. The molecular formula is C17H18FNOS. The Morgan fingerprint density at radius 2 is 1.90 bits per heavy atom. The van der Waals surface area contributed by atoms with Crippen LogP contribution in [0.2, 0.25) is 0 Å². The third-order valence-electron chi connectivity index (χ3n) is 3.45. The Bertz CT molecular complexity index is 697. The number of benzene rings is 2. The van der Waals surface area contributed by atoms with E-state index in [9.17, 15) is 4.39 Å². The molecule has 0 amide bonds. The topological polar surface area (TPSA) is 35.2 Å². The molecule has 0 aliphatic carbocycles. The monoisotopic (exact) mass is 303 g/mol. The SMILES string of the molecule is Cc1cc(C)c(C)c(OCc2ccc(F)c(C(N)=S)c2)c1. The van der Waals surface area contributed by atoms with Crippen LogP contribution in [0.1, 0.15) is 27.8 Å². The summed E-state index contributed by atoms with van der Waals surface area (Å²) in [5, 5.41) is 0. The summed E-state index contributed by atoms with van der Waals surface area (Å²) in [5.41, 5.74) is 10.0. The standard InChI is InChI=1S/C17H18FNOS/c1-10-6-11(2)12(3)16(7-10)20-9-13-4-5-15(18)14(8-13)17(19)21/h4-8H,9H2,1-3H3,(H2,19,21). The minimum absolute atomic E-state index is 0.0527. The zero-order valence-electron chi connectivity index (χ0n) is 12.4. The second kappa shape index (κ2) is 6.22. The second-order valence-corrected chi connectivity index (χ2v) is 5.61. The molecule has 2 aromatic rings. The first kappa shape index (κ1) is 15.4. The predicted molar refractivity (Wildman–Crippen MR) is 87.3 cm³/mol. The Balaban J connectivity index is 2.21. The average molecular weight is 303 g/mol. The van der Waals surface area contributed by atoms with E-state index in [0.717, 1.165) is 22.4 Å². The van der Waals surface area contributed by atoms with Crippen LogP contribution in [0.4, 0.5) is 4.39 Å². The molecule has 110 valence electrons. The summed E-state index contributed by atoms with van der Waals surface area (Å²) in [6.07, 6.45) is 0. The zero-order valence-corrected chi connectivity index (χ0v) is 13.2. The van der Waals surface area contributed by atoms with E-state index < -0.39 is 5.82 Å². The van der Waals surface area contributed by atoms with Gasteiger partial charge in [-0.3, -0.25) is 0 Å². The van der Waals surface area contributed by atoms with Crippen molar-refractivity contribution in [2.45, 2.75) is 27.4 Å². The molecule has 0 atom stereocenters. The van der Waals surface area contributed by atoms with Gasteiger partial charge in [-0.05, 0) is 61.2 Å². The molecule has 0 aliphatic rings. The van der Waals surface area contributed by atoms with Crippen LogP contribution in [0.15, 0.2) is 30.3 Å². The normalized spacial score (nSPS) is 10.5. The van der Waals surface area contributed by atoms with Crippen molar-refractivity contribution >= 4 is 17.2 Å². The molecule has 0 aliphatic heterocycles. The van der Waals surface area contributed by atoms with Crippen molar-refractivity contribution in [1.82, 2.24) is 0 Å². The van der Waals surface area contributed by atoms with Crippen LogP contribution < -0.4 is 10.5 Å². The molecule has 0 radical (unpaired) electrons. The van der Waals surface area contributed by atoms with Gasteiger partial charge >= 0.3 is 0 Å². The molecular weight excluding hydrogens is 285 g/mol. The molecule has 0 bridgehead atoms. The van der Waals surface area contributed by atoms with Crippen LogP contribution in [0.5, 0.6) is 5.75 Å². The second-order valence-electron chi connectivity index (χ2n) is 5.17. The van der Waals surface area contributed by atoms with Crippen LogP contribution >= 0.6 is 12.2 Å². The maximum atomic E-state index is 13.5. The maximum Gasteiger partial charge on any atom is 0.133 e. The molecule has 2 aromatic carbocycles. The number of hydrogen-bond donors (Lipinski definition) is 1. The summed E-state index contributed by atoms with van der Waals surface area (Å²) < 4.78 is 19.4. The molecule has 2 rings (SSSR count). The summed E-state index contributed by atoms with van der Waals surface area (Å²) in [7, 11) is 0. The summed E-state index contributed by atoms with van der Waals surface area (Å²) >= 11 is 4.84. The highest BCUT2D eigenvalue weighted by Crippen LogP contribution is 2.24. The zero-order chi connectivity index (χ0) is 15.6. The molecule has 0 heterocycles. The lowest BCUT2D eigenvalue weighted by Crippen LogP contribution is -2.12. The lowest BCUT2D eigenvalue weighted by Gasteiger charge is -2.13. The Morgan fingerprint density at radius 1 is 1.19 bits per heavy atom. The molecule has 0 fully saturated rings. The number of halogens is 1. The van der Waals surface area contributed by atoms with Gasteiger partial charge in [-0.2, -0.15) is 0 Å². The quantitative estimate of drug-likeness (QED) is 0.868. The fraction of sp³-hybridized carbons (Fsp3) is 0.235. The third-order valence-corrected chi connectivity index (χ3v) is 3.67. The number of nitrogens with two attached hydrogens (primary N) is 1. The molecule has 0 aromatic heterocycles. The smallest absolute Gasteiger partial charge is 0.133 e. The van der Waals surface area contributed by atoms with E-state index in [4.69, 9.17) is 22.7 Å². The van der Waals surface area contributed by atoms with Gasteiger partial charge < -0.3 is 10.5 Å².